The summed E-state index contributed by atoms with van der Waals surface area (Å²) in [4.78, 5) is 0. The van der Waals surface area contributed by atoms with E-state index in [0.717, 1.165) is 34.3 Å². The molecule has 24 heavy (non-hydrogen) atoms. The Morgan fingerprint density at radius 1 is 0.875 bits per heavy atom. The zero-order chi connectivity index (χ0) is 17.7. The number of rotatable bonds is 7. The Kier molecular flexibility index (Phi) is 6.01. The molecule has 0 N–H and O–H groups in total. The lowest BCUT2D eigenvalue weighted by Gasteiger charge is -2.17. The summed E-state index contributed by atoms with van der Waals surface area (Å²) < 4.78 is 42.8. The fourth-order valence-corrected chi connectivity index (χ4v) is 2.42. The summed E-state index contributed by atoms with van der Waals surface area (Å²) >= 11 is 0. The van der Waals surface area contributed by atoms with Gasteiger partial charge in [0.15, 0.2) is 11.6 Å². The molecule has 0 saturated heterocycles. The van der Waals surface area contributed by atoms with E-state index >= 15 is 0 Å². The Morgan fingerprint density at radius 2 is 1.58 bits per heavy atom. The van der Waals surface area contributed by atoms with Crippen LogP contribution in [0.5, 0.6) is 17.2 Å². The van der Waals surface area contributed by atoms with Crippen LogP contribution in [0.4, 0.5) is 8.78 Å². The third kappa shape index (κ3) is 4.16. The number of ether oxygens (including phenoxy) is 3. The van der Waals surface area contributed by atoms with Crippen molar-refractivity contribution in [2.24, 2.45) is 0 Å². The van der Waals surface area contributed by atoms with Crippen LogP contribution in [0.15, 0.2) is 24.3 Å². The smallest absolute Gasteiger partial charge is 0.167 e. The minimum Gasteiger partial charge on any atom is -0.496 e. The average molecular weight is 336 g/mol. The van der Waals surface area contributed by atoms with Gasteiger partial charge in [-0.15, -0.1) is 0 Å². The van der Waals surface area contributed by atoms with Gasteiger partial charge in [0.2, 0.25) is 0 Å². The fourth-order valence-electron chi connectivity index (χ4n) is 2.42. The normalized spacial score (nSPS) is 10.6. The van der Waals surface area contributed by atoms with Crippen molar-refractivity contribution in [3.63, 3.8) is 0 Å². The van der Waals surface area contributed by atoms with Gasteiger partial charge in [-0.05, 0) is 50.1 Å². The lowest BCUT2D eigenvalue weighted by molar-refractivity contribution is 0.238. The summed E-state index contributed by atoms with van der Waals surface area (Å²) in [7, 11) is 1.63. The molecule has 0 aliphatic carbocycles. The molecule has 2 aromatic carbocycles. The van der Waals surface area contributed by atoms with Crippen molar-refractivity contribution < 1.29 is 23.0 Å². The molecule has 0 fully saturated rings. The zero-order valence-corrected chi connectivity index (χ0v) is 14.4. The SMILES string of the molecule is COc1cc(C)c(C)c(OCCCOc2ccc(F)cc2F)c1C. The summed E-state index contributed by atoms with van der Waals surface area (Å²) in [5.74, 6) is 0.312. The van der Waals surface area contributed by atoms with Gasteiger partial charge in [0, 0.05) is 18.1 Å². The van der Waals surface area contributed by atoms with Crippen LogP contribution in [0.2, 0.25) is 0 Å². The summed E-state index contributed by atoms with van der Waals surface area (Å²) in [6.07, 6.45) is 0.575. The molecule has 5 heteroatoms. The van der Waals surface area contributed by atoms with E-state index in [2.05, 4.69) is 0 Å². The molecule has 2 rings (SSSR count). The second-order valence-electron chi connectivity index (χ2n) is 5.60. The molecule has 0 spiro atoms. The van der Waals surface area contributed by atoms with Crippen LogP contribution in [0.25, 0.3) is 0 Å². The van der Waals surface area contributed by atoms with Crippen molar-refractivity contribution in [2.75, 3.05) is 20.3 Å². The predicted molar refractivity (Wildman–Crippen MR) is 89.2 cm³/mol. The first-order valence-corrected chi connectivity index (χ1v) is 7.79. The Labute approximate surface area is 141 Å². The molecule has 0 amide bonds. The summed E-state index contributed by atoms with van der Waals surface area (Å²) in [5, 5.41) is 0. The zero-order valence-electron chi connectivity index (χ0n) is 14.4. The summed E-state index contributed by atoms with van der Waals surface area (Å²) in [6, 6.07) is 5.24. The molecular formula is C19H22F2O3. The van der Waals surface area contributed by atoms with Crippen LogP contribution in [-0.4, -0.2) is 20.3 Å². The van der Waals surface area contributed by atoms with Gasteiger partial charge >= 0.3 is 0 Å². The second-order valence-corrected chi connectivity index (χ2v) is 5.60. The molecule has 2 aromatic rings. The van der Waals surface area contributed by atoms with Crippen LogP contribution < -0.4 is 14.2 Å². The van der Waals surface area contributed by atoms with Crippen LogP contribution >= 0.6 is 0 Å². The van der Waals surface area contributed by atoms with Gasteiger partial charge in [-0.2, -0.15) is 0 Å². The van der Waals surface area contributed by atoms with E-state index in [9.17, 15) is 8.78 Å². The molecule has 0 aliphatic rings. The predicted octanol–water partition coefficient (Wildman–Crippen LogP) is 4.75. The van der Waals surface area contributed by atoms with Gasteiger partial charge in [0.25, 0.3) is 0 Å². The number of benzene rings is 2. The van der Waals surface area contributed by atoms with E-state index in [1.54, 1.807) is 7.11 Å². The third-order valence-corrected chi connectivity index (χ3v) is 3.90. The topological polar surface area (TPSA) is 27.7 Å². The third-order valence-electron chi connectivity index (χ3n) is 3.90. The van der Waals surface area contributed by atoms with Crippen LogP contribution in [0.1, 0.15) is 23.1 Å². The van der Waals surface area contributed by atoms with Crippen LogP contribution in [-0.2, 0) is 0 Å². The van der Waals surface area contributed by atoms with E-state index in [-0.39, 0.29) is 12.4 Å². The first-order valence-electron chi connectivity index (χ1n) is 7.79. The van der Waals surface area contributed by atoms with Gasteiger partial charge in [-0.1, -0.05) is 0 Å². The molecule has 0 aromatic heterocycles. The second kappa shape index (κ2) is 7.99. The molecule has 0 radical (unpaired) electrons. The first kappa shape index (κ1) is 18.0. The lowest BCUT2D eigenvalue weighted by Crippen LogP contribution is -2.08. The maximum Gasteiger partial charge on any atom is 0.167 e. The number of hydrogen-bond acceptors (Lipinski definition) is 3. The van der Waals surface area contributed by atoms with Gasteiger partial charge in [0.05, 0.1) is 20.3 Å². The van der Waals surface area contributed by atoms with Crippen LogP contribution in [0, 0.1) is 32.4 Å². The quantitative estimate of drug-likeness (QED) is 0.683. The minimum atomic E-state index is -0.703. The van der Waals surface area contributed by atoms with E-state index in [1.807, 2.05) is 26.8 Å². The Balaban J connectivity index is 1.90. The van der Waals surface area contributed by atoms with Crippen molar-refractivity contribution in [3.8, 4) is 17.2 Å². The van der Waals surface area contributed by atoms with E-state index in [1.165, 1.54) is 12.1 Å². The molecular weight excluding hydrogens is 314 g/mol. The van der Waals surface area contributed by atoms with Gasteiger partial charge in [-0.25, -0.2) is 8.78 Å². The minimum absolute atomic E-state index is 0.0426. The van der Waals surface area contributed by atoms with E-state index < -0.39 is 11.6 Å². The first-order chi connectivity index (χ1) is 11.4. The highest BCUT2D eigenvalue weighted by molar-refractivity contribution is 5.52. The standard InChI is InChI=1S/C19H22F2O3/c1-12-10-18(22-4)14(3)19(13(12)2)24-9-5-8-23-17-7-6-15(20)11-16(17)21/h6-7,10-11H,5,8-9H2,1-4H3. The van der Waals surface area contributed by atoms with E-state index in [4.69, 9.17) is 14.2 Å². The van der Waals surface area contributed by atoms with Gasteiger partial charge < -0.3 is 14.2 Å². The largest absolute Gasteiger partial charge is 0.496 e. The monoisotopic (exact) mass is 336 g/mol. The highest BCUT2D eigenvalue weighted by atomic mass is 19.1. The molecule has 0 bridgehead atoms. The summed E-state index contributed by atoms with van der Waals surface area (Å²) in [5.41, 5.74) is 3.11. The molecule has 0 atom stereocenters. The molecule has 3 nitrogen and oxygen atoms in total. The molecule has 0 aliphatic heterocycles. The number of aryl methyl sites for hydroxylation is 1. The fraction of sp³-hybridized carbons (Fsp3) is 0.368. The average Bonchev–Trinajstić information content (AvgIpc) is 2.55. The Morgan fingerprint density at radius 3 is 2.25 bits per heavy atom. The van der Waals surface area contributed by atoms with Crippen molar-refractivity contribution >= 4 is 0 Å². The van der Waals surface area contributed by atoms with Gasteiger partial charge in [0.1, 0.15) is 17.3 Å². The Hall–Kier alpha value is -2.30. The summed E-state index contributed by atoms with van der Waals surface area (Å²) in [6.45, 7) is 6.66. The molecule has 130 valence electrons. The Bertz CT molecular complexity index is 714. The van der Waals surface area contributed by atoms with Crippen molar-refractivity contribution in [3.05, 3.63) is 52.6 Å². The van der Waals surface area contributed by atoms with Crippen molar-refractivity contribution in [1.29, 1.82) is 0 Å². The van der Waals surface area contributed by atoms with Crippen LogP contribution in [0.3, 0.4) is 0 Å². The van der Waals surface area contributed by atoms with E-state index in [0.29, 0.717) is 13.0 Å². The highest BCUT2D eigenvalue weighted by Gasteiger charge is 2.12. The van der Waals surface area contributed by atoms with Crippen molar-refractivity contribution in [2.45, 2.75) is 27.2 Å². The maximum atomic E-state index is 13.4. The molecule has 0 heterocycles. The molecule has 0 saturated carbocycles. The van der Waals surface area contributed by atoms with Gasteiger partial charge in [-0.3, -0.25) is 0 Å². The number of hydrogen-bond donors (Lipinski definition) is 0. The molecule has 0 unspecified atom stereocenters. The maximum absolute atomic E-state index is 13.4. The number of halogens is 2. The number of methoxy groups -OCH3 is 1. The lowest BCUT2D eigenvalue weighted by atomic mass is 10.0. The van der Waals surface area contributed by atoms with Crippen molar-refractivity contribution in [1.82, 2.24) is 0 Å². The highest BCUT2D eigenvalue weighted by Crippen LogP contribution is 2.33.